The summed E-state index contributed by atoms with van der Waals surface area (Å²) in [5, 5.41) is 7.83. The minimum Gasteiger partial charge on any atom is -0.306 e. The van der Waals surface area contributed by atoms with Crippen LogP contribution in [0.2, 0.25) is 0 Å². The van der Waals surface area contributed by atoms with Gasteiger partial charge < -0.3 is 4.98 Å². The Balaban J connectivity index is 1.51. The zero-order chi connectivity index (χ0) is 17.2. The molecule has 2 aromatic heterocycles. The second-order valence-corrected chi connectivity index (χ2v) is 5.68. The first-order valence-corrected chi connectivity index (χ1v) is 8.00. The van der Waals surface area contributed by atoms with Crippen molar-refractivity contribution < 1.29 is 0 Å². The van der Waals surface area contributed by atoms with Gasteiger partial charge in [-0.2, -0.15) is 9.36 Å². The molecule has 126 valence electrons. The van der Waals surface area contributed by atoms with Crippen LogP contribution in [0, 0.1) is 0 Å². The van der Waals surface area contributed by atoms with Crippen molar-refractivity contribution in [3.63, 3.8) is 0 Å². The van der Waals surface area contributed by atoms with E-state index >= 15 is 0 Å². The van der Waals surface area contributed by atoms with Crippen LogP contribution in [0.15, 0.2) is 64.2 Å². The number of para-hydroxylation sites is 3. The second-order valence-electron chi connectivity index (χ2n) is 5.68. The molecule has 2 aromatic carbocycles. The Kier molecular flexibility index (Phi) is 3.77. The lowest BCUT2D eigenvalue weighted by Gasteiger charge is -2.02. The summed E-state index contributed by atoms with van der Waals surface area (Å²) in [6, 6.07) is 16.7. The van der Waals surface area contributed by atoms with E-state index in [4.69, 9.17) is 0 Å². The first-order chi connectivity index (χ1) is 12.2. The molecule has 0 saturated heterocycles. The summed E-state index contributed by atoms with van der Waals surface area (Å²) in [5.41, 5.74) is 1.89. The number of rotatable bonds is 5. The molecule has 0 bridgehead atoms. The lowest BCUT2D eigenvalue weighted by molar-refractivity contribution is 0.505. The van der Waals surface area contributed by atoms with Crippen LogP contribution in [0.4, 0.5) is 0 Å². The molecule has 0 aliphatic heterocycles. The highest BCUT2D eigenvalue weighted by Crippen LogP contribution is 2.09. The quantitative estimate of drug-likeness (QED) is 0.592. The van der Waals surface area contributed by atoms with Gasteiger partial charge in [0.2, 0.25) is 0 Å². The first kappa shape index (κ1) is 15.1. The van der Waals surface area contributed by atoms with Crippen molar-refractivity contribution in [2.75, 3.05) is 0 Å². The molecule has 4 rings (SSSR count). The Bertz CT molecular complexity index is 1120. The second kappa shape index (κ2) is 6.23. The summed E-state index contributed by atoms with van der Waals surface area (Å²) < 4.78 is 4.24. The smallest absolute Gasteiger partial charge is 0.306 e. The minimum absolute atomic E-state index is 0.151. The summed E-state index contributed by atoms with van der Waals surface area (Å²) >= 11 is 0. The van der Waals surface area contributed by atoms with E-state index in [0.717, 1.165) is 11.0 Å². The van der Waals surface area contributed by atoms with Crippen LogP contribution in [-0.4, -0.2) is 29.3 Å². The number of hydrogen-bond donors (Lipinski definition) is 1. The van der Waals surface area contributed by atoms with Crippen molar-refractivity contribution in [1.29, 1.82) is 0 Å². The molecule has 1 N–H and O–H groups in total. The van der Waals surface area contributed by atoms with Crippen LogP contribution in [-0.2, 0) is 13.1 Å². The Morgan fingerprint density at radius 1 is 0.880 bits per heavy atom. The van der Waals surface area contributed by atoms with Gasteiger partial charge in [0.15, 0.2) is 0 Å². The van der Waals surface area contributed by atoms with E-state index in [2.05, 4.69) is 15.4 Å². The van der Waals surface area contributed by atoms with Crippen LogP contribution in [0.25, 0.3) is 16.7 Å². The number of imidazole rings is 1. The summed E-state index contributed by atoms with van der Waals surface area (Å²) in [6.07, 6.45) is 0.592. The minimum atomic E-state index is -0.294. The maximum Gasteiger partial charge on any atom is 0.368 e. The molecule has 8 heteroatoms. The van der Waals surface area contributed by atoms with Crippen molar-refractivity contribution in [2.45, 2.75) is 19.5 Å². The maximum absolute atomic E-state index is 12.4. The number of aromatic amines is 1. The van der Waals surface area contributed by atoms with E-state index < -0.39 is 0 Å². The van der Waals surface area contributed by atoms with E-state index in [1.54, 1.807) is 16.7 Å². The van der Waals surface area contributed by atoms with Gasteiger partial charge >= 0.3 is 11.4 Å². The van der Waals surface area contributed by atoms with Crippen molar-refractivity contribution in [3.8, 4) is 5.69 Å². The third-order valence-corrected chi connectivity index (χ3v) is 4.07. The fourth-order valence-corrected chi connectivity index (χ4v) is 2.85. The Labute approximate surface area is 141 Å². The third kappa shape index (κ3) is 2.78. The molecule has 8 nitrogen and oxygen atoms in total. The number of H-pyrrole nitrogens is 1. The highest BCUT2D eigenvalue weighted by Gasteiger charge is 2.09. The summed E-state index contributed by atoms with van der Waals surface area (Å²) in [4.78, 5) is 27.2. The number of tetrazole rings is 1. The third-order valence-electron chi connectivity index (χ3n) is 4.07. The Morgan fingerprint density at radius 2 is 1.64 bits per heavy atom. The monoisotopic (exact) mass is 336 g/mol. The number of benzene rings is 2. The number of nitrogens with one attached hydrogen (secondary N) is 1. The standard InChI is InChI=1S/C17H16N6O2/c24-16-18-14-9-4-5-10-15(14)21(16)11-6-12-22-17(25)23(20-19-22)13-7-2-1-3-8-13/h1-5,7-10H,6,11-12H2,(H,18,24). The molecule has 0 saturated carbocycles. The molecule has 2 heterocycles. The van der Waals surface area contributed by atoms with Crippen LogP contribution in [0.5, 0.6) is 0 Å². The topological polar surface area (TPSA) is 90.5 Å². The van der Waals surface area contributed by atoms with Crippen molar-refractivity contribution in [2.24, 2.45) is 0 Å². The molecule has 0 fully saturated rings. The van der Waals surface area contributed by atoms with Crippen molar-refractivity contribution in [1.82, 2.24) is 29.3 Å². The predicted octanol–water partition coefficient (Wildman–Crippen LogP) is 1.16. The van der Waals surface area contributed by atoms with E-state index in [9.17, 15) is 9.59 Å². The Hall–Kier alpha value is -3.42. The fourth-order valence-electron chi connectivity index (χ4n) is 2.85. The van der Waals surface area contributed by atoms with Crippen LogP contribution >= 0.6 is 0 Å². The normalized spacial score (nSPS) is 11.2. The molecule has 0 aliphatic rings. The van der Waals surface area contributed by atoms with Crippen LogP contribution in [0.3, 0.4) is 0 Å². The Morgan fingerprint density at radius 3 is 2.48 bits per heavy atom. The van der Waals surface area contributed by atoms with Gasteiger partial charge in [-0.15, -0.1) is 0 Å². The zero-order valence-corrected chi connectivity index (χ0v) is 13.4. The highest BCUT2D eigenvalue weighted by atomic mass is 16.2. The molecular formula is C17H16N6O2. The molecule has 0 radical (unpaired) electrons. The predicted molar refractivity (Wildman–Crippen MR) is 92.8 cm³/mol. The van der Waals surface area contributed by atoms with E-state index in [-0.39, 0.29) is 11.4 Å². The molecule has 0 atom stereocenters. The molecule has 4 aromatic rings. The maximum atomic E-state index is 12.4. The van der Waals surface area contributed by atoms with Crippen molar-refractivity contribution >= 4 is 11.0 Å². The number of nitrogens with zero attached hydrogens (tertiary/aromatic N) is 5. The summed E-state index contributed by atoms with van der Waals surface area (Å²) in [6.45, 7) is 0.880. The molecule has 0 aliphatic carbocycles. The molecule has 0 spiro atoms. The van der Waals surface area contributed by atoms with Gasteiger partial charge in [-0.05, 0) is 41.1 Å². The highest BCUT2D eigenvalue weighted by molar-refractivity contribution is 5.74. The number of fused-ring (bicyclic) bond motifs is 1. The first-order valence-electron chi connectivity index (χ1n) is 8.00. The SMILES string of the molecule is O=c1n(CCCn2c(=O)[nH]c3ccccc32)nnn1-c1ccccc1. The zero-order valence-electron chi connectivity index (χ0n) is 13.4. The summed E-state index contributed by atoms with van der Waals surface area (Å²) in [5.74, 6) is 0. The lowest BCUT2D eigenvalue weighted by Crippen LogP contribution is -2.25. The van der Waals surface area contributed by atoms with Crippen LogP contribution in [0.1, 0.15) is 6.42 Å². The van der Waals surface area contributed by atoms with Gasteiger partial charge in [0, 0.05) is 13.1 Å². The largest absolute Gasteiger partial charge is 0.368 e. The van der Waals surface area contributed by atoms with Gasteiger partial charge in [-0.1, -0.05) is 30.3 Å². The van der Waals surface area contributed by atoms with Gasteiger partial charge in [0.05, 0.1) is 16.7 Å². The van der Waals surface area contributed by atoms with Crippen LogP contribution < -0.4 is 11.4 Å². The number of hydrogen-bond acceptors (Lipinski definition) is 4. The van der Waals surface area contributed by atoms with E-state index in [1.807, 2.05) is 42.5 Å². The number of aromatic nitrogens is 6. The molecule has 25 heavy (non-hydrogen) atoms. The van der Waals surface area contributed by atoms with Gasteiger partial charge in [0.25, 0.3) is 0 Å². The van der Waals surface area contributed by atoms with Crippen molar-refractivity contribution in [3.05, 3.63) is 75.6 Å². The molecule has 0 unspecified atom stereocenters. The number of aryl methyl sites for hydroxylation is 2. The van der Waals surface area contributed by atoms with Gasteiger partial charge in [-0.25, -0.2) is 9.59 Å². The molecular weight excluding hydrogens is 320 g/mol. The van der Waals surface area contributed by atoms with E-state index in [1.165, 1.54) is 9.36 Å². The van der Waals surface area contributed by atoms with Gasteiger partial charge in [0.1, 0.15) is 0 Å². The van der Waals surface area contributed by atoms with Gasteiger partial charge in [-0.3, -0.25) is 4.57 Å². The molecule has 0 amide bonds. The average Bonchev–Trinajstić information content (AvgIpc) is 3.16. The summed E-state index contributed by atoms with van der Waals surface area (Å²) in [7, 11) is 0. The lowest BCUT2D eigenvalue weighted by atomic mass is 10.3. The average molecular weight is 336 g/mol. The fraction of sp³-hybridized carbons (Fsp3) is 0.176. The van der Waals surface area contributed by atoms with E-state index in [0.29, 0.717) is 25.2 Å².